The van der Waals surface area contributed by atoms with Crippen LogP contribution in [0.3, 0.4) is 0 Å². The van der Waals surface area contributed by atoms with Crippen LogP contribution in [0.15, 0.2) is 54.7 Å². The Hall–Kier alpha value is -4.22. The van der Waals surface area contributed by atoms with Crippen molar-refractivity contribution in [3.05, 3.63) is 77.2 Å². The predicted molar refractivity (Wildman–Crippen MR) is 147 cm³/mol. The molecule has 1 saturated heterocycles. The number of carbonyl (C=O) groups excluding carboxylic acids is 2. The van der Waals surface area contributed by atoms with Gasteiger partial charge in [-0.05, 0) is 63.4 Å². The molecule has 1 aromatic heterocycles. The molecule has 0 radical (unpaired) electrons. The summed E-state index contributed by atoms with van der Waals surface area (Å²) in [5.41, 5.74) is -0.224. The number of nitrogens with zero attached hydrogens (tertiary/aromatic N) is 3. The Morgan fingerprint density at radius 1 is 1.07 bits per heavy atom. The molecule has 218 valence electrons. The molecular formula is C29H32F4N6O2. The predicted octanol–water partition coefficient (Wildman–Crippen LogP) is 6.39. The van der Waals surface area contributed by atoms with Crippen LogP contribution in [-0.2, 0) is 12.7 Å². The fourth-order valence-corrected chi connectivity index (χ4v) is 4.51. The first-order valence-electron chi connectivity index (χ1n) is 13.2. The quantitative estimate of drug-likeness (QED) is 0.224. The number of nitrogens with one attached hydrogen (secondary N) is 3. The van der Waals surface area contributed by atoms with E-state index in [0.29, 0.717) is 48.9 Å². The zero-order valence-electron chi connectivity index (χ0n) is 23.0. The van der Waals surface area contributed by atoms with Crippen molar-refractivity contribution < 1.29 is 27.2 Å². The molecule has 0 spiro atoms. The molecule has 1 atom stereocenters. The molecule has 1 aliphatic rings. The first-order chi connectivity index (χ1) is 19.3. The van der Waals surface area contributed by atoms with Gasteiger partial charge in [0, 0.05) is 48.5 Å². The number of benzene rings is 2. The third-order valence-electron chi connectivity index (χ3n) is 6.41. The molecule has 2 amide bonds. The van der Waals surface area contributed by atoms with E-state index < -0.39 is 28.9 Å². The minimum atomic E-state index is -4.72. The van der Waals surface area contributed by atoms with Crippen molar-refractivity contribution in [1.82, 2.24) is 20.2 Å². The second-order valence-electron chi connectivity index (χ2n) is 11.0. The molecule has 1 unspecified atom stereocenters. The molecular weight excluding hydrogens is 540 g/mol. The van der Waals surface area contributed by atoms with E-state index in [0.717, 1.165) is 0 Å². The summed E-state index contributed by atoms with van der Waals surface area (Å²) in [4.78, 5) is 35.4. The molecule has 4 rings (SSSR count). The van der Waals surface area contributed by atoms with Crippen LogP contribution < -0.4 is 16.0 Å². The molecule has 8 nitrogen and oxygen atoms in total. The van der Waals surface area contributed by atoms with Gasteiger partial charge in [0.2, 0.25) is 5.95 Å². The van der Waals surface area contributed by atoms with Gasteiger partial charge in [-0.15, -0.1) is 0 Å². The normalized spacial score (nSPS) is 15.8. The number of piperidine rings is 1. The first kappa shape index (κ1) is 29.8. The van der Waals surface area contributed by atoms with Gasteiger partial charge in [-0.2, -0.15) is 18.2 Å². The average molecular weight is 573 g/mol. The van der Waals surface area contributed by atoms with Crippen LogP contribution in [0.25, 0.3) is 0 Å². The standard InChI is InChI=1S/C29H32F4N6O2/c1-28(2,3)38-27(41)39-12-6-9-20(17-39)24(40)19-8-5-11-22(14-19)36-26-35-16-23(29(31,32)33)25(37-26)34-15-18-7-4-10-21(30)13-18/h4-5,7-8,10-11,13-14,16,20H,6,9,12,15,17H2,1-3H3,(H,38,41)(H2,34,35,36,37). The monoisotopic (exact) mass is 572 g/mol. The summed E-state index contributed by atoms with van der Waals surface area (Å²) in [6, 6.07) is 11.8. The van der Waals surface area contributed by atoms with E-state index in [1.807, 2.05) is 20.8 Å². The van der Waals surface area contributed by atoms with Crippen molar-refractivity contribution >= 4 is 29.3 Å². The van der Waals surface area contributed by atoms with Crippen molar-refractivity contribution in [3.8, 4) is 0 Å². The van der Waals surface area contributed by atoms with Gasteiger partial charge >= 0.3 is 12.2 Å². The van der Waals surface area contributed by atoms with Gasteiger partial charge in [0.25, 0.3) is 0 Å². The van der Waals surface area contributed by atoms with Gasteiger partial charge in [0.15, 0.2) is 5.78 Å². The number of alkyl halides is 3. The molecule has 0 aliphatic carbocycles. The Balaban J connectivity index is 1.48. The van der Waals surface area contributed by atoms with Crippen LogP contribution in [0.2, 0.25) is 0 Å². The number of urea groups is 1. The highest BCUT2D eigenvalue weighted by molar-refractivity contribution is 5.99. The Labute approximate surface area is 235 Å². The SMILES string of the molecule is CC(C)(C)NC(=O)N1CCCC(C(=O)c2cccc(Nc3ncc(C(F)(F)F)c(NCc4cccc(F)c4)n3)c2)C1. The molecule has 12 heteroatoms. The first-order valence-corrected chi connectivity index (χ1v) is 13.2. The highest BCUT2D eigenvalue weighted by Crippen LogP contribution is 2.34. The van der Waals surface area contributed by atoms with Crippen LogP contribution >= 0.6 is 0 Å². The van der Waals surface area contributed by atoms with Crippen LogP contribution in [0.5, 0.6) is 0 Å². The maximum absolute atomic E-state index is 13.6. The molecule has 2 heterocycles. The minimum absolute atomic E-state index is 0.0898. The molecule has 0 saturated carbocycles. The number of likely N-dealkylation sites (tertiary alicyclic amines) is 1. The summed E-state index contributed by atoms with van der Waals surface area (Å²) < 4.78 is 54.3. The molecule has 3 aromatic rings. The molecule has 3 N–H and O–H groups in total. The van der Waals surface area contributed by atoms with Crippen LogP contribution in [-0.4, -0.2) is 45.3 Å². The number of amides is 2. The third-order valence-corrected chi connectivity index (χ3v) is 6.41. The fraction of sp³-hybridized carbons (Fsp3) is 0.379. The Bertz CT molecular complexity index is 1410. The van der Waals surface area contributed by atoms with E-state index in [4.69, 9.17) is 0 Å². The number of ketones is 1. The zero-order chi connectivity index (χ0) is 29.8. The summed E-state index contributed by atoms with van der Waals surface area (Å²) in [7, 11) is 0. The van der Waals surface area contributed by atoms with E-state index >= 15 is 0 Å². The topological polar surface area (TPSA) is 99.3 Å². The van der Waals surface area contributed by atoms with Crippen molar-refractivity contribution in [3.63, 3.8) is 0 Å². The molecule has 41 heavy (non-hydrogen) atoms. The van der Waals surface area contributed by atoms with Crippen LogP contribution in [0.4, 0.5) is 39.8 Å². The van der Waals surface area contributed by atoms with Crippen LogP contribution in [0.1, 0.15) is 55.1 Å². The maximum atomic E-state index is 13.6. The van der Waals surface area contributed by atoms with Gasteiger partial charge in [-0.3, -0.25) is 4.79 Å². The molecule has 0 bridgehead atoms. The number of halogens is 4. The number of Topliss-reactive ketones (excluding diaryl/α,β-unsaturated/α-hetero) is 1. The lowest BCUT2D eigenvalue weighted by Gasteiger charge is -2.34. The summed E-state index contributed by atoms with van der Waals surface area (Å²) >= 11 is 0. The number of rotatable bonds is 7. The average Bonchev–Trinajstić information content (AvgIpc) is 2.90. The lowest BCUT2D eigenvalue weighted by atomic mass is 9.90. The van der Waals surface area contributed by atoms with Gasteiger partial charge in [-0.1, -0.05) is 24.3 Å². The van der Waals surface area contributed by atoms with E-state index in [-0.39, 0.29) is 30.2 Å². The second-order valence-corrected chi connectivity index (χ2v) is 11.0. The van der Waals surface area contributed by atoms with Crippen molar-refractivity contribution in [2.75, 3.05) is 23.7 Å². The van der Waals surface area contributed by atoms with Gasteiger partial charge in [-0.25, -0.2) is 14.2 Å². The van der Waals surface area contributed by atoms with Gasteiger partial charge in [0.05, 0.1) is 0 Å². The fourth-order valence-electron chi connectivity index (χ4n) is 4.51. The maximum Gasteiger partial charge on any atom is 0.421 e. The van der Waals surface area contributed by atoms with E-state index in [1.165, 1.54) is 18.2 Å². The van der Waals surface area contributed by atoms with Crippen molar-refractivity contribution in [1.29, 1.82) is 0 Å². The molecule has 1 aliphatic heterocycles. The summed E-state index contributed by atoms with van der Waals surface area (Å²) in [6.07, 6.45) is -2.72. The Morgan fingerprint density at radius 3 is 2.54 bits per heavy atom. The zero-order valence-corrected chi connectivity index (χ0v) is 23.0. The van der Waals surface area contributed by atoms with E-state index in [1.54, 1.807) is 35.2 Å². The van der Waals surface area contributed by atoms with Crippen LogP contribution in [0, 0.1) is 11.7 Å². The molecule has 2 aromatic carbocycles. The summed E-state index contributed by atoms with van der Waals surface area (Å²) in [6.45, 7) is 6.43. The summed E-state index contributed by atoms with van der Waals surface area (Å²) in [5, 5.41) is 8.41. The third kappa shape index (κ3) is 8.15. The van der Waals surface area contributed by atoms with Gasteiger partial charge < -0.3 is 20.9 Å². The number of anilines is 3. The number of hydrogen-bond acceptors (Lipinski definition) is 6. The number of carbonyl (C=O) groups is 2. The van der Waals surface area contributed by atoms with Gasteiger partial charge in [0.1, 0.15) is 17.2 Å². The van der Waals surface area contributed by atoms with E-state index in [9.17, 15) is 27.2 Å². The summed E-state index contributed by atoms with van der Waals surface area (Å²) in [5.74, 6) is -1.61. The highest BCUT2D eigenvalue weighted by atomic mass is 19.4. The van der Waals surface area contributed by atoms with E-state index in [2.05, 4.69) is 25.9 Å². The number of hydrogen-bond donors (Lipinski definition) is 3. The Kier molecular flexibility index (Phi) is 8.79. The lowest BCUT2D eigenvalue weighted by Crippen LogP contribution is -2.52. The lowest BCUT2D eigenvalue weighted by molar-refractivity contribution is -0.137. The largest absolute Gasteiger partial charge is 0.421 e. The second kappa shape index (κ2) is 12.1. The van der Waals surface area contributed by atoms with Crippen molar-refractivity contribution in [2.45, 2.75) is 51.9 Å². The van der Waals surface area contributed by atoms with Crippen molar-refractivity contribution in [2.24, 2.45) is 5.92 Å². The highest BCUT2D eigenvalue weighted by Gasteiger charge is 2.35. The smallest absolute Gasteiger partial charge is 0.365 e. The minimum Gasteiger partial charge on any atom is -0.365 e. The Morgan fingerprint density at radius 2 is 1.83 bits per heavy atom. The number of aromatic nitrogens is 2. The molecule has 1 fully saturated rings.